The fourth-order valence-electron chi connectivity index (χ4n) is 1.50. The van der Waals surface area contributed by atoms with Crippen LogP contribution in [0.4, 0.5) is 4.39 Å². The van der Waals surface area contributed by atoms with Crippen LogP contribution in [-0.2, 0) is 15.6 Å². The van der Waals surface area contributed by atoms with Crippen molar-refractivity contribution in [3.05, 3.63) is 45.2 Å². The number of nitrogens with zero attached hydrogens (tertiary/aromatic N) is 1. The van der Waals surface area contributed by atoms with Crippen LogP contribution < -0.4 is 0 Å². The highest BCUT2D eigenvalue weighted by molar-refractivity contribution is 7.92. The molecule has 19 heavy (non-hydrogen) atoms. The lowest BCUT2D eigenvalue weighted by atomic mass is 10.2. The molecule has 0 aliphatic heterocycles. The summed E-state index contributed by atoms with van der Waals surface area (Å²) in [5, 5.41) is 0.105. The predicted octanol–water partition coefficient (Wildman–Crippen LogP) is 3.53. The van der Waals surface area contributed by atoms with E-state index in [0.29, 0.717) is 5.69 Å². The summed E-state index contributed by atoms with van der Waals surface area (Å²) in [4.78, 5) is 4.83. The van der Waals surface area contributed by atoms with Gasteiger partial charge in [0.15, 0.2) is 0 Å². The van der Waals surface area contributed by atoms with Crippen molar-refractivity contribution in [2.24, 2.45) is 0 Å². The smallest absolute Gasteiger partial charge is 0.210 e. The molecule has 0 N–H and O–H groups in total. The zero-order chi connectivity index (χ0) is 14.2. The van der Waals surface area contributed by atoms with Crippen molar-refractivity contribution in [1.29, 1.82) is 0 Å². The molecular formula is C12H11ClFNO2S2. The first-order valence-electron chi connectivity index (χ1n) is 5.41. The van der Waals surface area contributed by atoms with Crippen molar-refractivity contribution in [2.75, 3.05) is 0 Å². The second kappa shape index (κ2) is 5.19. The molecule has 0 atom stereocenters. The molecule has 1 aromatic carbocycles. The Morgan fingerprint density at radius 2 is 2.05 bits per heavy atom. The molecule has 0 aliphatic rings. The van der Waals surface area contributed by atoms with Crippen molar-refractivity contribution in [2.45, 2.75) is 23.9 Å². The number of sulfone groups is 1. The Balaban J connectivity index is 2.42. The maximum absolute atomic E-state index is 13.6. The van der Waals surface area contributed by atoms with Crippen LogP contribution in [-0.4, -0.2) is 13.4 Å². The Hall–Kier alpha value is -0.980. The lowest BCUT2D eigenvalue weighted by molar-refractivity contribution is 0.586. The van der Waals surface area contributed by atoms with Gasteiger partial charge < -0.3 is 0 Å². The van der Waals surface area contributed by atoms with Crippen molar-refractivity contribution >= 4 is 32.8 Å². The maximum Gasteiger partial charge on any atom is 0.210 e. The number of hydrogen-bond donors (Lipinski definition) is 0. The SMILES string of the molecule is Cc1nc(S(=O)(=O)Cc2c(F)cccc2Cl)sc1C. The van der Waals surface area contributed by atoms with Crippen molar-refractivity contribution in [3.63, 3.8) is 0 Å². The molecule has 3 nitrogen and oxygen atoms in total. The summed E-state index contributed by atoms with van der Waals surface area (Å²) in [5.41, 5.74) is 0.651. The highest BCUT2D eigenvalue weighted by atomic mass is 35.5. The second-order valence-electron chi connectivity index (χ2n) is 4.08. The first-order chi connectivity index (χ1) is 8.81. The molecule has 0 amide bonds. The summed E-state index contributed by atoms with van der Waals surface area (Å²) in [6, 6.07) is 4.09. The van der Waals surface area contributed by atoms with Crippen LogP contribution in [0, 0.1) is 19.7 Å². The number of aryl methyl sites for hydroxylation is 2. The van der Waals surface area contributed by atoms with E-state index in [1.807, 2.05) is 0 Å². The summed E-state index contributed by atoms with van der Waals surface area (Å²) in [5.74, 6) is -1.11. The van der Waals surface area contributed by atoms with Gasteiger partial charge in [0.05, 0.1) is 11.4 Å². The largest absolute Gasteiger partial charge is 0.230 e. The monoisotopic (exact) mass is 319 g/mol. The maximum atomic E-state index is 13.6. The van der Waals surface area contributed by atoms with Gasteiger partial charge in [-0.25, -0.2) is 17.8 Å². The summed E-state index contributed by atoms with van der Waals surface area (Å²) in [7, 11) is -3.68. The zero-order valence-corrected chi connectivity index (χ0v) is 12.7. The Bertz CT molecular complexity index is 686. The van der Waals surface area contributed by atoms with Crippen LogP contribution in [0.5, 0.6) is 0 Å². The summed E-state index contributed by atoms with van der Waals surface area (Å²) in [6.45, 7) is 3.53. The number of benzene rings is 1. The third kappa shape index (κ3) is 2.96. The van der Waals surface area contributed by atoms with Crippen molar-refractivity contribution < 1.29 is 12.8 Å². The van der Waals surface area contributed by atoms with E-state index < -0.39 is 21.4 Å². The minimum Gasteiger partial charge on any atom is -0.230 e. The molecule has 0 fully saturated rings. The van der Waals surface area contributed by atoms with E-state index in [9.17, 15) is 12.8 Å². The Morgan fingerprint density at radius 3 is 2.58 bits per heavy atom. The highest BCUT2D eigenvalue weighted by Gasteiger charge is 2.23. The number of thiazole rings is 1. The van der Waals surface area contributed by atoms with E-state index in [-0.39, 0.29) is 14.9 Å². The van der Waals surface area contributed by atoms with Crippen molar-refractivity contribution in [3.8, 4) is 0 Å². The van der Waals surface area contributed by atoms with Gasteiger partial charge in [0, 0.05) is 15.5 Å². The van der Waals surface area contributed by atoms with E-state index in [1.165, 1.54) is 18.2 Å². The third-order valence-electron chi connectivity index (χ3n) is 2.67. The van der Waals surface area contributed by atoms with Crippen LogP contribution in [0.3, 0.4) is 0 Å². The summed E-state index contributed by atoms with van der Waals surface area (Å²) >= 11 is 6.93. The first-order valence-corrected chi connectivity index (χ1v) is 8.25. The zero-order valence-electron chi connectivity index (χ0n) is 10.3. The molecule has 2 rings (SSSR count). The van der Waals surface area contributed by atoms with E-state index in [1.54, 1.807) is 13.8 Å². The molecule has 0 aliphatic carbocycles. The number of halogens is 2. The van der Waals surface area contributed by atoms with Gasteiger partial charge in [-0.3, -0.25) is 0 Å². The molecule has 0 radical (unpaired) electrons. The topological polar surface area (TPSA) is 47.0 Å². The Morgan fingerprint density at radius 1 is 1.37 bits per heavy atom. The van der Waals surface area contributed by atoms with E-state index >= 15 is 0 Å². The molecule has 7 heteroatoms. The van der Waals surface area contributed by atoms with E-state index in [4.69, 9.17) is 11.6 Å². The Kier molecular flexibility index (Phi) is 3.94. The van der Waals surface area contributed by atoms with E-state index in [2.05, 4.69) is 4.98 Å². The van der Waals surface area contributed by atoms with Gasteiger partial charge in [0.2, 0.25) is 14.2 Å². The normalized spacial score (nSPS) is 11.8. The summed E-state index contributed by atoms with van der Waals surface area (Å²) < 4.78 is 38.0. The molecule has 0 unspecified atom stereocenters. The van der Waals surface area contributed by atoms with Gasteiger partial charge in [0.1, 0.15) is 5.82 Å². The number of hydrogen-bond acceptors (Lipinski definition) is 4. The van der Waals surface area contributed by atoms with Gasteiger partial charge in [0.25, 0.3) is 0 Å². The molecule has 0 spiro atoms. The first kappa shape index (κ1) is 14.4. The quantitative estimate of drug-likeness (QED) is 0.869. The van der Waals surface area contributed by atoms with Crippen LogP contribution >= 0.6 is 22.9 Å². The molecular weight excluding hydrogens is 309 g/mol. The molecule has 1 heterocycles. The number of aromatic nitrogens is 1. The van der Waals surface area contributed by atoms with E-state index in [0.717, 1.165) is 16.2 Å². The standard InChI is InChI=1S/C12H11ClFNO2S2/c1-7-8(2)18-12(15-7)19(16,17)6-9-10(13)4-3-5-11(9)14/h3-5H,6H2,1-2H3. The van der Waals surface area contributed by atoms with Crippen LogP contribution in [0.1, 0.15) is 16.1 Å². The van der Waals surface area contributed by atoms with Gasteiger partial charge >= 0.3 is 0 Å². The van der Waals surface area contributed by atoms with Crippen LogP contribution in [0.25, 0.3) is 0 Å². The average molecular weight is 320 g/mol. The van der Waals surface area contributed by atoms with Gasteiger partial charge in [-0.15, -0.1) is 11.3 Å². The summed E-state index contributed by atoms with van der Waals surface area (Å²) in [6.07, 6.45) is 0. The molecule has 1 aromatic heterocycles. The molecule has 0 saturated heterocycles. The molecule has 0 bridgehead atoms. The second-order valence-corrected chi connectivity index (χ2v) is 7.85. The average Bonchev–Trinajstić information content (AvgIpc) is 2.66. The van der Waals surface area contributed by atoms with Gasteiger partial charge in [-0.2, -0.15) is 0 Å². The fraction of sp³-hybridized carbons (Fsp3) is 0.250. The third-order valence-corrected chi connectivity index (χ3v) is 6.20. The highest BCUT2D eigenvalue weighted by Crippen LogP contribution is 2.27. The van der Waals surface area contributed by atoms with Crippen LogP contribution in [0.2, 0.25) is 5.02 Å². The number of rotatable bonds is 3. The minimum atomic E-state index is -3.68. The predicted molar refractivity (Wildman–Crippen MR) is 73.9 cm³/mol. The van der Waals surface area contributed by atoms with Gasteiger partial charge in [-0.05, 0) is 26.0 Å². The lowest BCUT2D eigenvalue weighted by Gasteiger charge is -2.05. The van der Waals surface area contributed by atoms with Gasteiger partial charge in [-0.1, -0.05) is 17.7 Å². The fourth-order valence-corrected chi connectivity index (χ4v) is 4.58. The lowest BCUT2D eigenvalue weighted by Crippen LogP contribution is -2.07. The van der Waals surface area contributed by atoms with Crippen molar-refractivity contribution in [1.82, 2.24) is 4.98 Å². The molecule has 0 saturated carbocycles. The molecule has 102 valence electrons. The minimum absolute atomic E-state index is 0.00168. The Labute approximate surface area is 120 Å². The molecule has 2 aromatic rings. The van der Waals surface area contributed by atoms with Crippen LogP contribution in [0.15, 0.2) is 22.5 Å².